The van der Waals surface area contributed by atoms with Crippen molar-refractivity contribution in [2.75, 3.05) is 44.9 Å². The van der Waals surface area contributed by atoms with Crippen LogP contribution in [-0.4, -0.2) is 70.4 Å². The first-order valence-corrected chi connectivity index (χ1v) is 9.95. The second kappa shape index (κ2) is 7.86. The molecule has 2 rings (SSSR count). The summed E-state index contributed by atoms with van der Waals surface area (Å²) in [6.07, 6.45) is 0.724. The van der Waals surface area contributed by atoms with Crippen LogP contribution in [0.2, 0.25) is 0 Å². The Morgan fingerprint density at radius 2 is 1.72 bits per heavy atom. The van der Waals surface area contributed by atoms with Crippen molar-refractivity contribution < 1.29 is 18.0 Å². The maximum atomic E-state index is 12.6. The Morgan fingerprint density at radius 3 is 2.20 bits per heavy atom. The molecule has 0 aromatic heterocycles. The quantitative estimate of drug-likeness (QED) is 0.820. The van der Waals surface area contributed by atoms with Gasteiger partial charge in [-0.15, -0.1) is 0 Å². The van der Waals surface area contributed by atoms with Gasteiger partial charge in [0.05, 0.1) is 5.25 Å². The smallest absolute Gasteiger partial charge is 0.253 e. The third kappa shape index (κ3) is 4.72. The molecule has 0 bridgehead atoms. The highest BCUT2D eigenvalue weighted by atomic mass is 32.2. The SMILES string of the molecule is CNC(=O)CS(=O)(=O)C1CCN(C(=O)c2ccc(N(C)C)cc2)CC1. The van der Waals surface area contributed by atoms with Crippen LogP contribution in [0.25, 0.3) is 0 Å². The minimum absolute atomic E-state index is 0.0903. The van der Waals surface area contributed by atoms with E-state index in [9.17, 15) is 18.0 Å². The zero-order chi connectivity index (χ0) is 18.6. The standard InChI is InChI=1S/C17H25N3O4S/c1-18-16(21)12-25(23,24)15-8-10-20(11-9-15)17(22)13-4-6-14(7-5-13)19(2)3/h4-7,15H,8-12H2,1-3H3,(H,18,21). The first-order valence-electron chi connectivity index (χ1n) is 8.23. The molecule has 1 saturated heterocycles. The minimum atomic E-state index is -3.48. The summed E-state index contributed by atoms with van der Waals surface area (Å²) in [6, 6.07) is 7.33. The number of benzene rings is 1. The summed E-state index contributed by atoms with van der Waals surface area (Å²) < 4.78 is 24.5. The van der Waals surface area contributed by atoms with E-state index in [0.29, 0.717) is 31.5 Å². The summed E-state index contributed by atoms with van der Waals surface area (Å²) in [5.74, 6) is -1.08. The van der Waals surface area contributed by atoms with Crippen LogP contribution in [0.5, 0.6) is 0 Å². The lowest BCUT2D eigenvalue weighted by Gasteiger charge is -2.31. The molecule has 0 unspecified atom stereocenters. The zero-order valence-corrected chi connectivity index (χ0v) is 15.7. The molecule has 7 nitrogen and oxygen atoms in total. The number of carbonyl (C=O) groups excluding carboxylic acids is 2. The number of carbonyl (C=O) groups is 2. The number of sulfone groups is 1. The Bertz CT molecular complexity index is 721. The van der Waals surface area contributed by atoms with Gasteiger partial charge < -0.3 is 15.1 Å². The lowest BCUT2D eigenvalue weighted by atomic mass is 10.1. The van der Waals surface area contributed by atoms with Crippen molar-refractivity contribution in [3.8, 4) is 0 Å². The van der Waals surface area contributed by atoms with E-state index in [4.69, 9.17) is 0 Å². The van der Waals surface area contributed by atoms with Crippen LogP contribution in [0, 0.1) is 0 Å². The van der Waals surface area contributed by atoms with Gasteiger partial charge in [0.15, 0.2) is 9.84 Å². The van der Waals surface area contributed by atoms with Gasteiger partial charge in [0.2, 0.25) is 5.91 Å². The first-order chi connectivity index (χ1) is 11.7. The number of nitrogens with zero attached hydrogens (tertiary/aromatic N) is 2. The molecular formula is C17H25N3O4S. The van der Waals surface area contributed by atoms with Gasteiger partial charge in [-0.25, -0.2) is 8.42 Å². The molecule has 0 spiro atoms. The molecule has 25 heavy (non-hydrogen) atoms. The largest absolute Gasteiger partial charge is 0.378 e. The molecule has 0 radical (unpaired) electrons. The van der Waals surface area contributed by atoms with Crippen molar-refractivity contribution in [1.29, 1.82) is 0 Å². The van der Waals surface area contributed by atoms with Crippen LogP contribution in [0.3, 0.4) is 0 Å². The van der Waals surface area contributed by atoms with Gasteiger partial charge in [-0.3, -0.25) is 9.59 Å². The molecule has 1 heterocycles. The molecule has 1 N–H and O–H groups in total. The molecule has 138 valence electrons. The summed E-state index contributed by atoms with van der Waals surface area (Å²) in [5.41, 5.74) is 1.60. The van der Waals surface area contributed by atoms with Gasteiger partial charge in [-0.1, -0.05) is 0 Å². The van der Waals surface area contributed by atoms with Crippen LogP contribution in [0.4, 0.5) is 5.69 Å². The number of anilines is 1. The second-order valence-electron chi connectivity index (χ2n) is 6.41. The summed E-state index contributed by atoms with van der Waals surface area (Å²) >= 11 is 0. The monoisotopic (exact) mass is 367 g/mol. The average molecular weight is 367 g/mol. The Labute approximate surface area is 148 Å². The third-order valence-corrected chi connectivity index (χ3v) is 6.63. The summed E-state index contributed by atoms with van der Waals surface area (Å²) in [5, 5.41) is 1.77. The van der Waals surface area contributed by atoms with Crippen LogP contribution < -0.4 is 10.2 Å². The van der Waals surface area contributed by atoms with Gasteiger partial charge in [0, 0.05) is 45.5 Å². The number of amides is 2. The van der Waals surface area contributed by atoms with Gasteiger partial charge in [0.25, 0.3) is 5.91 Å². The lowest BCUT2D eigenvalue weighted by Crippen LogP contribution is -2.44. The van der Waals surface area contributed by atoms with Crippen LogP contribution in [0.1, 0.15) is 23.2 Å². The Hall–Kier alpha value is -2.09. The predicted octanol–water partition coefficient (Wildman–Crippen LogP) is 0.518. The molecule has 0 atom stereocenters. The summed E-state index contributed by atoms with van der Waals surface area (Å²) in [4.78, 5) is 27.5. The molecule has 1 aliphatic rings. The fraction of sp³-hybridized carbons (Fsp3) is 0.529. The minimum Gasteiger partial charge on any atom is -0.378 e. The molecule has 1 aromatic rings. The summed E-state index contributed by atoms with van der Waals surface area (Å²) in [6.45, 7) is 0.762. The number of hydrogen-bond acceptors (Lipinski definition) is 5. The fourth-order valence-corrected chi connectivity index (χ4v) is 4.55. The fourth-order valence-electron chi connectivity index (χ4n) is 2.88. The number of nitrogens with one attached hydrogen (secondary N) is 1. The van der Waals surface area contributed by atoms with Crippen LogP contribution >= 0.6 is 0 Å². The van der Waals surface area contributed by atoms with Gasteiger partial charge in [0.1, 0.15) is 5.75 Å². The van der Waals surface area contributed by atoms with Gasteiger partial charge in [-0.2, -0.15) is 0 Å². The second-order valence-corrected chi connectivity index (χ2v) is 8.69. The van der Waals surface area contributed by atoms with Crippen molar-refractivity contribution in [2.45, 2.75) is 18.1 Å². The third-order valence-electron chi connectivity index (χ3n) is 4.48. The van der Waals surface area contributed by atoms with E-state index >= 15 is 0 Å². The molecule has 1 aliphatic heterocycles. The Kier molecular flexibility index (Phi) is 6.05. The van der Waals surface area contributed by atoms with Crippen LogP contribution in [-0.2, 0) is 14.6 Å². The van der Waals surface area contributed by atoms with Gasteiger partial charge in [-0.05, 0) is 37.1 Å². The van der Waals surface area contributed by atoms with Crippen LogP contribution in [0.15, 0.2) is 24.3 Å². The van der Waals surface area contributed by atoms with Gasteiger partial charge >= 0.3 is 0 Å². The molecule has 2 amide bonds. The zero-order valence-electron chi connectivity index (χ0n) is 14.9. The van der Waals surface area contributed by atoms with E-state index in [2.05, 4.69) is 5.32 Å². The predicted molar refractivity (Wildman–Crippen MR) is 97.5 cm³/mol. The highest BCUT2D eigenvalue weighted by molar-refractivity contribution is 7.92. The highest BCUT2D eigenvalue weighted by Crippen LogP contribution is 2.21. The van der Waals surface area contributed by atoms with Crippen molar-refractivity contribution in [3.05, 3.63) is 29.8 Å². The molecule has 0 aliphatic carbocycles. The van der Waals surface area contributed by atoms with E-state index in [1.807, 2.05) is 31.1 Å². The molecule has 0 saturated carbocycles. The normalized spacial score (nSPS) is 15.7. The first kappa shape index (κ1) is 19.2. The molecule has 1 aromatic carbocycles. The maximum absolute atomic E-state index is 12.6. The number of hydrogen-bond donors (Lipinski definition) is 1. The number of piperidine rings is 1. The van der Waals surface area contributed by atoms with Crippen molar-refractivity contribution in [2.24, 2.45) is 0 Å². The number of likely N-dealkylation sites (tertiary alicyclic amines) is 1. The van der Waals surface area contributed by atoms with E-state index < -0.39 is 26.7 Å². The lowest BCUT2D eigenvalue weighted by molar-refractivity contribution is -0.118. The van der Waals surface area contributed by atoms with Crippen molar-refractivity contribution in [3.63, 3.8) is 0 Å². The van der Waals surface area contributed by atoms with E-state index in [1.54, 1.807) is 17.0 Å². The topological polar surface area (TPSA) is 86.8 Å². The molecule has 1 fully saturated rings. The average Bonchev–Trinajstić information content (AvgIpc) is 2.60. The van der Waals surface area contributed by atoms with Crippen molar-refractivity contribution in [1.82, 2.24) is 10.2 Å². The highest BCUT2D eigenvalue weighted by Gasteiger charge is 2.33. The molecular weight excluding hydrogens is 342 g/mol. The van der Waals surface area contributed by atoms with E-state index in [0.717, 1.165) is 5.69 Å². The Balaban J connectivity index is 1.97. The maximum Gasteiger partial charge on any atom is 0.253 e. The van der Waals surface area contributed by atoms with Crippen molar-refractivity contribution >= 4 is 27.3 Å². The van der Waals surface area contributed by atoms with E-state index in [-0.39, 0.29) is 5.91 Å². The number of rotatable bonds is 5. The molecule has 8 heteroatoms. The van der Waals surface area contributed by atoms with E-state index in [1.165, 1.54) is 7.05 Å². The summed E-state index contributed by atoms with van der Waals surface area (Å²) in [7, 11) is 1.80. The Morgan fingerprint density at radius 1 is 1.16 bits per heavy atom.